The number of carboxylic acids is 1. The molecule has 0 aliphatic carbocycles. The van der Waals surface area contributed by atoms with Crippen LogP contribution in [0.5, 0.6) is 17.6 Å². The zero-order valence-corrected chi connectivity index (χ0v) is 18.7. The fourth-order valence-electron chi connectivity index (χ4n) is 4.08. The first-order chi connectivity index (χ1) is 16.9. The van der Waals surface area contributed by atoms with Gasteiger partial charge in [-0.15, -0.1) is 0 Å². The van der Waals surface area contributed by atoms with E-state index in [9.17, 15) is 9.90 Å². The lowest BCUT2D eigenvalue weighted by Crippen LogP contribution is -2.12. The van der Waals surface area contributed by atoms with Gasteiger partial charge >= 0.3 is 12.0 Å². The van der Waals surface area contributed by atoms with Crippen LogP contribution in [-0.2, 0) is 6.54 Å². The Kier molecular flexibility index (Phi) is 5.50. The molecule has 2 heterocycles. The number of fused-ring (bicyclic) bond motifs is 2. The molecule has 0 unspecified atom stereocenters. The third-order valence-corrected chi connectivity index (χ3v) is 5.71. The number of hydrogen-bond acceptors (Lipinski definition) is 6. The molecule has 5 rings (SSSR count). The van der Waals surface area contributed by atoms with Crippen LogP contribution in [-0.4, -0.2) is 38.6 Å². The number of aromatic nitrogens is 3. The molecular formula is C26H21N5O4. The highest BCUT2D eigenvalue weighted by atomic mass is 16.5. The molecule has 174 valence electrons. The average Bonchev–Trinajstić information content (AvgIpc) is 3.22. The number of hydrogen-bond donors (Lipinski definition) is 3. The average molecular weight is 467 g/mol. The van der Waals surface area contributed by atoms with E-state index in [0.29, 0.717) is 22.7 Å². The van der Waals surface area contributed by atoms with Crippen molar-refractivity contribution in [2.75, 3.05) is 7.11 Å². The molecule has 0 atom stereocenters. The van der Waals surface area contributed by atoms with Crippen molar-refractivity contribution in [1.82, 2.24) is 14.5 Å². The molecule has 0 spiro atoms. The zero-order valence-electron chi connectivity index (χ0n) is 18.7. The van der Waals surface area contributed by atoms with Crippen LogP contribution in [0.2, 0.25) is 0 Å². The summed E-state index contributed by atoms with van der Waals surface area (Å²) >= 11 is 0. The van der Waals surface area contributed by atoms with Gasteiger partial charge in [0, 0.05) is 35.3 Å². The molecule has 0 saturated heterocycles. The minimum atomic E-state index is -1.05. The standard InChI is InChI=1S/C26H21N5O4/c1-34-23-8-9-29-26(30-23)35-19-10-15-4-2-3-5-20(15)18(11-19)14-31-21-13-17(24(27)28)7-6-16(21)12-22(31)25(32)33/h2-13H,14H2,1H3,(H3,27,28)(H,32,33). The number of nitrogens with zero attached hydrogens (tertiary/aromatic N) is 3. The van der Waals surface area contributed by atoms with Gasteiger partial charge in [0.15, 0.2) is 0 Å². The van der Waals surface area contributed by atoms with Crippen molar-refractivity contribution in [3.63, 3.8) is 0 Å². The zero-order chi connectivity index (χ0) is 24.5. The van der Waals surface area contributed by atoms with E-state index >= 15 is 0 Å². The molecule has 3 aromatic carbocycles. The smallest absolute Gasteiger partial charge is 0.352 e. The predicted molar refractivity (Wildman–Crippen MR) is 132 cm³/mol. The maximum atomic E-state index is 12.1. The Bertz CT molecular complexity index is 1610. The minimum absolute atomic E-state index is 0.0874. The summed E-state index contributed by atoms with van der Waals surface area (Å²) in [6.07, 6.45) is 1.54. The number of ether oxygens (including phenoxy) is 2. The normalized spacial score (nSPS) is 11.0. The van der Waals surface area contributed by atoms with Crippen molar-refractivity contribution < 1.29 is 19.4 Å². The molecular weight excluding hydrogens is 446 g/mol. The third-order valence-electron chi connectivity index (χ3n) is 5.71. The molecule has 0 fully saturated rings. The molecule has 9 heteroatoms. The Morgan fingerprint density at radius 3 is 2.69 bits per heavy atom. The number of carbonyl (C=O) groups is 1. The van der Waals surface area contributed by atoms with Crippen LogP contribution in [0, 0.1) is 5.41 Å². The van der Waals surface area contributed by atoms with Crippen LogP contribution in [0.4, 0.5) is 0 Å². The number of aromatic carboxylic acids is 1. The van der Waals surface area contributed by atoms with Gasteiger partial charge in [-0.3, -0.25) is 5.41 Å². The summed E-state index contributed by atoms with van der Waals surface area (Å²) in [5, 5.41) is 20.3. The number of nitrogens with one attached hydrogen (secondary N) is 1. The highest BCUT2D eigenvalue weighted by Gasteiger charge is 2.17. The van der Waals surface area contributed by atoms with Crippen LogP contribution in [0.3, 0.4) is 0 Å². The largest absolute Gasteiger partial charge is 0.481 e. The van der Waals surface area contributed by atoms with Crippen molar-refractivity contribution in [3.05, 3.63) is 89.7 Å². The van der Waals surface area contributed by atoms with E-state index in [1.807, 2.05) is 36.4 Å². The van der Waals surface area contributed by atoms with Gasteiger partial charge in [-0.1, -0.05) is 36.4 Å². The number of benzene rings is 3. The summed E-state index contributed by atoms with van der Waals surface area (Å²) in [6.45, 7) is 0.253. The van der Waals surface area contributed by atoms with Crippen molar-refractivity contribution in [2.24, 2.45) is 5.73 Å². The van der Waals surface area contributed by atoms with Gasteiger partial charge in [0.1, 0.15) is 17.3 Å². The Balaban J connectivity index is 1.64. The first-order valence-electron chi connectivity index (χ1n) is 10.7. The van der Waals surface area contributed by atoms with E-state index in [-0.39, 0.29) is 24.1 Å². The molecule has 0 radical (unpaired) electrons. The molecule has 0 amide bonds. The van der Waals surface area contributed by atoms with E-state index in [1.54, 1.807) is 41.1 Å². The monoisotopic (exact) mass is 467 g/mol. The number of rotatable bonds is 7. The SMILES string of the molecule is COc1ccnc(Oc2cc(Cn3c(C(=O)O)cc4ccc(C(=N)N)cc43)c3ccccc3c2)n1. The van der Waals surface area contributed by atoms with Crippen LogP contribution in [0.25, 0.3) is 21.7 Å². The van der Waals surface area contributed by atoms with E-state index in [0.717, 1.165) is 21.7 Å². The third kappa shape index (κ3) is 4.22. The molecule has 35 heavy (non-hydrogen) atoms. The summed E-state index contributed by atoms with van der Waals surface area (Å²) in [7, 11) is 1.51. The van der Waals surface area contributed by atoms with Crippen LogP contribution in [0.15, 0.2) is 72.9 Å². The Hall–Kier alpha value is -4.92. The van der Waals surface area contributed by atoms with Gasteiger partial charge in [0.2, 0.25) is 5.88 Å². The molecule has 0 bridgehead atoms. The molecule has 9 nitrogen and oxygen atoms in total. The summed E-state index contributed by atoms with van der Waals surface area (Å²) in [5.74, 6) is -0.255. The van der Waals surface area contributed by atoms with Crippen LogP contribution >= 0.6 is 0 Å². The maximum Gasteiger partial charge on any atom is 0.352 e. The summed E-state index contributed by atoms with van der Waals surface area (Å²) < 4.78 is 12.8. The topological polar surface area (TPSA) is 136 Å². The van der Waals surface area contributed by atoms with E-state index in [2.05, 4.69) is 9.97 Å². The lowest BCUT2D eigenvalue weighted by molar-refractivity contribution is 0.0686. The highest BCUT2D eigenvalue weighted by molar-refractivity contribution is 6.01. The molecule has 2 aromatic heterocycles. The van der Waals surface area contributed by atoms with Crippen molar-refractivity contribution in [2.45, 2.75) is 6.54 Å². The first-order valence-corrected chi connectivity index (χ1v) is 10.7. The Morgan fingerprint density at radius 1 is 1.09 bits per heavy atom. The van der Waals surface area contributed by atoms with Crippen LogP contribution in [0.1, 0.15) is 21.6 Å². The summed E-state index contributed by atoms with van der Waals surface area (Å²) in [6, 6.07) is 20.1. The Labute approximate surface area is 199 Å². The molecule has 0 aliphatic heterocycles. The lowest BCUT2D eigenvalue weighted by Gasteiger charge is -2.14. The second-order valence-corrected chi connectivity index (χ2v) is 7.90. The van der Waals surface area contributed by atoms with Gasteiger partial charge in [-0.05, 0) is 40.6 Å². The fourth-order valence-corrected chi connectivity index (χ4v) is 4.08. The summed E-state index contributed by atoms with van der Waals surface area (Å²) in [5.41, 5.74) is 7.84. The van der Waals surface area contributed by atoms with E-state index in [4.69, 9.17) is 20.6 Å². The fraction of sp³-hybridized carbons (Fsp3) is 0.0769. The van der Waals surface area contributed by atoms with E-state index in [1.165, 1.54) is 7.11 Å². The highest BCUT2D eigenvalue weighted by Crippen LogP contribution is 2.31. The van der Waals surface area contributed by atoms with Gasteiger partial charge in [-0.25, -0.2) is 9.78 Å². The van der Waals surface area contributed by atoms with Crippen molar-refractivity contribution >= 4 is 33.5 Å². The van der Waals surface area contributed by atoms with Gasteiger partial charge in [-0.2, -0.15) is 4.98 Å². The number of nitrogens with two attached hydrogens (primary N) is 1. The minimum Gasteiger partial charge on any atom is -0.481 e. The first kappa shape index (κ1) is 21.9. The lowest BCUT2D eigenvalue weighted by atomic mass is 10.0. The second kappa shape index (κ2) is 8.79. The van der Waals surface area contributed by atoms with Crippen molar-refractivity contribution in [3.8, 4) is 17.6 Å². The van der Waals surface area contributed by atoms with Crippen LogP contribution < -0.4 is 15.2 Å². The molecule has 0 saturated carbocycles. The number of nitrogen functional groups attached to an aromatic ring is 1. The quantitative estimate of drug-likeness (QED) is 0.238. The predicted octanol–water partition coefficient (Wildman–Crippen LogP) is 4.42. The second-order valence-electron chi connectivity index (χ2n) is 7.90. The Morgan fingerprint density at radius 2 is 1.91 bits per heavy atom. The maximum absolute atomic E-state index is 12.1. The van der Waals surface area contributed by atoms with Gasteiger partial charge in [0.25, 0.3) is 0 Å². The number of amidine groups is 1. The van der Waals surface area contributed by atoms with Crippen molar-refractivity contribution in [1.29, 1.82) is 5.41 Å². The van der Waals surface area contributed by atoms with E-state index < -0.39 is 5.97 Å². The summed E-state index contributed by atoms with van der Waals surface area (Å²) in [4.78, 5) is 20.4. The number of methoxy groups -OCH3 is 1. The molecule has 0 aliphatic rings. The molecule has 5 aromatic rings. The van der Waals surface area contributed by atoms with Gasteiger partial charge in [0.05, 0.1) is 7.11 Å². The molecule has 4 N–H and O–H groups in total. The van der Waals surface area contributed by atoms with Gasteiger partial charge < -0.3 is 24.9 Å². The number of carboxylic acid groups (broad SMARTS) is 1.